The highest BCUT2D eigenvalue weighted by molar-refractivity contribution is 6.30. The highest BCUT2D eigenvalue weighted by atomic mass is 35.5. The van der Waals surface area contributed by atoms with E-state index in [4.69, 9.17) is 21.1 Å². The minimum atomic E-state index is -0.513. The molecule has 1 aliphatic heterocycles. The first kappa shape index (κ1) is 21.4. The smallest absolute Gasteiger partial charge is 0.410 e. The molecule has 1 aromatic heterocycles. The lowest BCUT2D eigenvalue weighted by molar-refractivity contribution is -0.0432. The number of benzene rings is 2. The topological polar surface area (TPSA) is 67.4 Å². The number of H-pyrrole nitrogens is 1. The molecular formula is C24H26ClN3O3. The van der Waals surface area contributed by atoms with Gasteiger partial charge >= 0.3 is 6.09 Å². The lowest BCUT2D eigenvalue weighted by atomic mass is 10.0. The molecule has 162 valence electrons. The Kier molecular flexibility index (Phi) is 6.03. The zero-order valence-corrected chi connectivity index (χ0v) is 18.6. The van der Waals surface area contributed by atoms with Crippen LogP contribution in [0.3, 0.4) is 0 Å². The number of rotatable bonds is 3. The van der Waals surface area contributed by atoms with Crippen LogP contribution in [0.1, 0.15) is 32.4 Å². The van der Waals surface area contributed by atoms with E-state index in [0.29, 0.717) is 24.7 Å². The number of amides is 1. The SMILES string of the molecule is CC(C)(C)OC(=O)N1CCOC(c2ccc(-c3cc(-c4cccc(Cl)c4)n[nH]3)cc2)C1. The molecule has 1 saturated heterocycles. The van der Waals surface area contributed by atoms with Crippen molar-refractivity contribution in [3.8, 4) is 22.5 Å². The third-order valence-electron chi connectivity index (χ3n) is 5.01. The molecule has 3 aromatic rings. The van der Waals surface area contributed by atoms with Crippen LogP contribution in [0, 0.1) is 0 Å². The first-order valence-corrected chi connectivity index (χ1v) is 10.7. The van der Waals surface area contributed by atoms with Gasteiger partial charge in [-0.25, -0.2) is 4.79 Å². The van der Waals surface area contributed by atoms with Gasteiger partial charge in [0, 0.05) is 17.1 Å². The fourth-order valence-corrected chi connectivity index (χ4v) is 3.68. The molecule has 2 aromatic carbocycles. The number of morpholine rings is 1. The van der Waals surface area contributed by atoms with Crippen LogP contribution in [0.15, 0.2) is 54.6 Å². The summed E-state index contributed by atoms with van der Waals surface area (Å²) >= 11 is 6.09. The van der Waals surface area contributed by atoms with E-state index in [1.807, 2.05) is 75.4 Å². The highest BCUT2D eigenvalue weighted by Crippen LogP contribution is 2.28. The summed E-state index contributed by atoms with van der Waals surface area (Å²) in [5, 5.41) is 8.18. The number of hydrogen-bond donors (Lipinski definition) is 1. The van der Waals surface area contributed by atoms with Crippen LogP contribution < -0.4 is 0 Å². The Labute approximate surface area is 187 Å². The molecule has 0 saturated carbocycles. The summed E-state index contributed by atoms with van der Waals surface area (Å²) in [5.41, 5.74) is 4.24. The van der Waals surface area contributed by atoms with Crippen molar-refractivity contribution in [2.75, 3.05) is 19.7 Å². The average Bonchev–Trinajstić information content (AvgIpc) is 3.23. The molecule has 1 unspecified atom stereocenters. The number of halogens is 1. The van der Waals surface area contributed by atoms with Crippen molar-refractivity contribution in [2.45, 2.75) is 32.5 Å². The number of ether oxygens (including phenoxy) is 2. The zero-order chi connectivity index (χ0) is 22.0. The van der Waals surface area contributed by atoms with Gasteiger partial charge in [0.1, 0.15) is 11.7 Å². The van der Waals surface area contributed by atoms with E-state index in [-0.39, 0.29) is 12.2 Å². The van der Waals surface area contributed by atoms with Crippen LogP contribution in [-0.2, 0) is 9.47 Å². The molecule has 31 heavy (non-hydrogen) atoms. The Hall–Kier alpha value is -2.83. The maximum atomic E-state index is 12.4. The average molecular weight is 440 g/mol. The monoisotopic (exact) mass is 439 g/mol. The summed E-state index contributed by atoms with van der Waals surface area (Å²) in [4.78, 5) is 14.1. The van der Waals surface area contributed by atoms with Gasteiger partial charge in [0.25, 0.3) is 0 Å². The van der Waals surface area contributed by atoms with Crippen LogP contribution in [0.2, 0.25) is 5.02 Å². The van der Waals surface area contributed by atoms with Crippen LogP contribution >= 0.6 is 11.6 Å². The van der Waals surface area contributed by atoms with E-state index in [0.717, 1.165) is 28.1 Å². The number of hydrogen-bond acceptors (Lipinski definition) is 4. The quantitative estimate of drug-likeness (QED) is 0.567. The fourth-order valence-electron chi connectivity index (χ4n) is 3.49. The minimum Gasteiger partial charge on any atom is -0.444 e. The van der Waals surface area contributed by atoms with E-state index in [2.05, 4.69) is 10.2 Å². The van der Waals surface area contributed by atoms with Crippen LogP contribution in [-0.4, -0.2) is 46.5 Å². The normalized spacial score (nSPS) is 16.9. The summed E-state index contributed by atoms with van der Waals surface area (Å²) in [6, 6.07) is 17.7. The van der Waals surface area contributed by atoms with E-state index in [1.54, 1.807) is 4.90 Å². The second-order valence-electron chi connectivity index (χ2n) is 8.59. The summed E-state index contributed by atoms with van der Waals surface area (Å²) < 4.78 is 11.4. The molecule has 1 atom stereocenters. The molecule has 0 bridgehead atoms. The number of carbonyl (C=O) groups is 1. The molecule has 6 nitrogen and oxygen atoms in total. The second kappa shape index (κ2) is 8.73. The molecule has 1 N–H and O–H groups in total. The maximum absolute atomic E-state index is 12.4. The predicted molar refractivity (Wildman–Crippen MR) is 121 cm³/mol. The number of carbonyl (C=O) groups excluding carboxylic acids is 1. The lowest BCUT2D eigenvalue weighted by Gasteiger charge is -2.34. The largest absolute Gasteiger partial charge is 0.444 e. The van der Waals surface area contributed by atoms with Gasteiger partial charge in [0.15, 0.2) is 0 Å². The molecule has 0 aliphatic carbocycles. The number of nitrogens with zero attached hydrogens (tertiary/aromatic N) is 2. The molecule has 1 aliphatic rings. The molecular weight excluding hydrogens is 414 g/mol. The van der Waals surface area contributed by atoms with Gasteiger partial charge in [-0.15, -0.1) is 0 Å². The highest BCUT2D eigenvalue weighted by Gasteiger charge is 2.28. The number of aromatic nitrogens is 2. The number of aromatic amines is 1. The molecule has 0 spiro atoms. The standard InChI is InChI=1S/C24H26ClN3O3/c1-24(2,3)31-23(29)28-11-12-30-22(15-28)17-9-7-16(8-10-17)20-14-21(27-26-20)18-5-4-6-19(25)13-18/h4-10,13-14,22H,11-12,15H2,1-3H3,(H,26,27). The summed E-state index contributed by atoms with van der Waals surface area (Å²) in [6.45, 7) is 7.09. The van der Waals surface area contributed by atoms with Crippen molar-refractivity contribution in [2.24, 2.45) is 0 Å². The fraction of sp³-hybridized carbons (Fsp3) is 0.333. The Bertz CT molecular complexity index is 1060. The Morgan fingerprint density at radius 1 is 1.16 bits per heavy atom. The van der Waals surface area contributed by atoms with Gasteiger partial charge in [0.05, 0.1) is 24.5 Å². The summed E-state index contributed by atoms with van der Waals surface area (Å²) in [6.07, 6.45) is -0.484. The van der Waals surface area contributed by atoms with E-state index in [9.17, 15) is 4.79 Å². The van der Waals surface area contributed by atoms with Crippen molar-refractivity contribution in [1.29, 1.82) is 0 Å². The maximum Gasteiger partial charge on any atom is 0.410 e. The van der Waals surface area contributed by atoms with Gasteiger partial charge in [-0.1, -0.05) is 48.0 Å². The Balaban J connectivity index is 1.45. The first-order valence-electron chi connectivity index (χ1n) is 10.3. The van der Waals surface area contributed by atoms with E-state index < -0.39 is 5.60 Å². The van der Waals surface area contributed by atoms with Crippen molar-refractivity contribution in [3.63, 3.8) is 0 Å². The van der Waals surface area contributed by atoms with Crippen LogP contribution in [0.25, 0.3) is 22.5 Å². The minimum absolute atomic E-state index is 0.181. The second-order valence-corrected chi connectivity index (χ2v) is 9.02. The first-order chi connectivity index (χ1) is 14.8. The lowest BCUT2D eigenvalue weighted by Crippen LogP contribution is -2.44. The van der Waals surface area contributed by atoms with Gasteiger partial charge in [-0.05, 0) is 50.1 Å². The Morgan fingerprint density at radius 3 is 2.65 bits per heavy atom. The molecule has 4 rings (SSSR count). The predicted octanol–water partition coefficient (Wildman–Crippen LogP) is 5.71. The van der Waals surface area contributed by atoms with Gasteiger partial charge in [-0.2, -0.15) is 5.10 Å². The van der Waals surface area contributed by atoms with E-state index >= 15 is 0 Å². The van der Waals surface area contributed by atoms with Gasteiger partial charge in [-0.3, -0.25) is 5.10 Å². The summed E-state index contributed by atoms with van der Waals surface area (Å²) in [7, 11) is 0. The van der Waals surface area contributed by atoms with Crippen LogP contribution in [0.4, 0.5) is 4.79 Å². The molecule has 2 heterocycles. The molecule has 1 fully saturated rings. The van der Waals surface area contributed by atoms with Gasteiger partial charge in [0.2, 0.25) is 0 Å². The molecule has 7 heteroatoms. The van der Waals surface area contributed by atoms with E-state index in [1.165, 1.54) is 0 Å². The third-order valence-corrected chi connectivity index (χ3v) is 5.24. The Morgan fingerprint density at radius 2 is 1.94 bits per heavy atom. The molecule has 1 amide bonds. The summed E-state index contributed by atoms with van der Waals surface area (Å²) in [5.74, 6) is 0. The van der Waals surface area contributed by atoms with Gasteiger partial charge < -0.3 is 14.4 Å². The molecule has 0 radical (unpaired) electrons. The van der Waals surface area contributed by atoms with Crippen molar-refractivity contribution >= 4 is 17.7 Å². The van der Waals surface area contributed by atoms with Crippen molar-refractivity contribution < 1.29 is 14.3 Å². The van der Waals surface area contributed by atoms with Crippen molar-refractivity contribution in [1.82, 2.24) is 15.1 Å². The van der Waals surface area contributed by atoms with Crippen molar-refractivity contribution in [3.05, 3.63) is 65.2 Å². The number of nitrogens with one attached hydrogen (secondary N) is 1. The third kappa shape index (κ3) is 5.27. The van der Waals surface area contributed by atoms with Crippen LogP contribution in [0.5, 0.6) is 0 Å². The zero-order valence-electron chi connectivity index (χ0n) is 17.9.